The summed E-state index contributed by atoms with van der Waals surface area (Å²) in [7, 11) is 0. The lowest BCUT2D eigenvalue weighted by Crippen LogP contribution is -2.16. The summed E-state index contributed by atoms with van der Waals surface area (Å²) in [6, 6.07) is 0. The zero-order valence-corrected chi connectivity index (χ0v) is 6.37. The molecule has 0 aromatic carbocycles. The van der Waals surface area contributed by atoms with Crippen molar-refractivity contribution in [2.75, 3.05) is 0 Å². The molecule has 1 heterocycles. The van der Waals surface area contributed by atoms with Crippen molar-refractivity contribution >= 4 is 0 Å². The Balaban J connectivity index is 3.05. The maximum atomic E-state index is 9.03. The van der Waals surface area contributed by atoms with Gasteiger partial charge in [0, 0.05) is 5.41 Å². The number of rotatable bonds is 0. The van der Waals surface area contributed by atoms with Gasteiger partial charge in [-0.2, -0.15) is 0 Å². The highest BCUT2D eigenvalue weighted by Crippen LogP contribution is 2.18. The Morgan fingerprint density at radius 2 is 2.10 bits per heavy atom. The van der Waals surface area contributed by atoms with E-state index in [1.54, 1.807) is 6.20 Å². The Hall–Kier alpha value is -1.06. The molecule has 1 aromatic heterocycles. The summed E-state index contributed by atoms with van der Waals surface area (Å²) >= 11 is 0. The van der Waals surface area contributed by atoms with Crippen LogP contribution in [0.3, 0.4) is 0 Å². The molecule has 0 saturated heterocycles. The fourth-order valence-corrected chi connectivity index (χ4v) is 0.723. The van der Waals surface area contributed by atoms with Crippen LogP contribution in [-0.2, 0) is 5.41 Å². The van der Waals surface area contributed by atoms with Gasteiger partial charge in [-0.15, -0.1) is 5.10 Å². The van der Waals surface area contributed by atoms with Crippen LogP contribution in [0.25, 0.3) is 0 Å². The smallest absolute Gasteiger partial charge is 0.105 e. The average Bonchev–Trinajstić information content (AvgIpc) is 2.11. The molecule has 0 fully saturated rings. The Bertz CT molecular complexity index is 223. The SMILES string of the molecule is CC(C)(C)c1cnnn1O. The van der Waals surface area contributed by atoms with Crippen LogP contribution in [-0.4, -0.2) is 20.4 Å². The zero-order valence-electron chi connectivity index (χ0n) is 6.37. The van der Waals surface area contributed by atoms with Crippen molar-refractivity contribution in [1.82, 2.24) is 15.2 Å². The number of nitrogens with zero attached hydrogens (tertiary/aromatic N) is 3. The van der Waals surface area contributed by atoms with E-state index in [9.17, 15) is 0 Å². The lowest BCUT2D eigenvalue weighted by molar-refractivity contribution is 0.126. The molecule has 1 aromatic rings. The predicted molar refractivity (Wildman–Crippen MR) is 35.9 cm³/mol. The molecule has 0 bridgehead atoms. The fourth-order valence-electron chi connectivity index (χ4n) is 0.723. The molecule has 0 spiro atoms. The van der Waals surface area contributed by atoms with E-state index in [-0.39, 0.29) is 5.41 Å². The highest BCUT2D eigenvalue weighted by molar-refractivity contribution is 5.06. The van der Waals surface area contributed by atoms with E-state index < -0.39 is 0 Å². The molecule has 0 amide bonds. The molecule has 0 unspecified atom stereocenters. The molecule has 0 aliphatic heterocycles. The number of aromatic nitrogens is 3. The second-order valence-electron chi connectivity index (χ2n) is 3.26. The van der Waals surface area contributed by atoms with Crippen LogP contribution >= 0.6 is 0 Å². The summed E-state index contributed by atoms with van der Waals surface area (Å²) < 4.78 is 0. The summed E-state index contributed by atoms with van der Waals surface area (Å²) in [5.41, 5.74) is 0.616. The highest BCUT2D eigenvalue weighted by Gasteiger charge is 2.19. The normalized spacial score (nSPS) is 11.9. The van der Waals surface area contributed by atoms with Crippen LogP contribution in [0.4, 0.5) is 0 Å². The molecule has 4 heteroatoms. The van der Waals surface area contributed by atoms with Crippen LogP contribution in [0.2, 0.25) is 0 Å². The molecule has 56 valence electrons. The van der Waals surface area contributed by atoms with Crippen LogP contribution in [0.1, 0.15) is 26.5 Å². The molecule has 10 heavy (non-hydrogen) atoms. The first-order chi connectivity index (χ1) is 4.52. The first-order valence-electron chi connectivity index (χ1n) is 3.12. The van der Waals surface area contributed by atoms with Crippen molar-refractivity contribution in [3.05, 3.63) is 11.9 Å². The van der Waals surface area contributed by atoms with Gasteiger partial charge in [-0.3, -0.25) is 0 Å². The van der Waals surface area contributed by atoms with E-state index in [0.717, 1.165) is 4.85 Å². The van der Waals surface area contributed by atoms with Crippen LogP contribution in [0.5, 0.6) is 0 Å². The van der Waals surface area contributed by atoms with Crippen molar-refractivity contribution in [2.45, 2.75) is 26.2 Å². The van der Waals surface area contributed by atoms with E-state index >= 15 is 0 Å². The van der Waals surface area contributed by atoms with E-state index in [0.29, 0.717) is 5.69 Å². The van der Waals surface area contributed by atoms with Gasteiger partial charge in [0.05, 0.1) is 6.20 Å². The maximum absolute atomic E-state index is 9.03. The number of hydrogen-bond acceptors (Lipinski definition) is 3. The van der Waals surface area contributed by atoms with E-state index in [1.807, 2.05) is 20.8 Å². The maximum Gasteiger partial charge on any atom is 0.105 e. The minimum absolute atomic E-state index is 0.0990. The topological polar surface area (TPSA) is 50.9 Å². The molecule has 0 aliphatic carbocycles. The van der Waals surface area contributed by atoms with Gasteiger partial charge < -0.3 is 5.21 Å². The molecule has 4 nitrogen and oxygen atoms in total. The van der Waals surface area contributed by atoms with Gasteiger partial charge in [0.25, 0.3) is 0 Å². The fraction of sp³-hybridized carbons (Fsp3) is 0.667. The van der Waals surface area contributed by atoms with E-state index in [4.69, 9.17) is 5.21 Å². The Morgan fingerprint density at radius 3 is 2.30 bits per heavy atom. The minimum atomic E-state index is -0.0990. The van der Waals surface area contributed by atoms with E-state index in [2.05, 4.69) is 10.3 Å². The molecular weight excluding hydrogens is 130 g/mol. The van der Waals surface area contributed by atoms with Crippen molar-refractivity contribution in [2.24, 2.45) is 0 Å². The van der Waals surface area contributed by atoms with E-state index in [1.165, 1.54) is 0 Å². The second-order valence-corrected chi connectivity index (χ2v) is 3.26. The van der Waals surface area contributed by atoms with Crippen molar-refractivity contribution < 1.29 is 5.21 Å². The van der Waals surface area contributed by atoms with Gasteiger partial charge in [0.1, 0.15) is 5.69 Å². The lowest BCUT2D eigenvalue weighted by atomic mass is 9.93. The van der Waals surface area contributed by atoms with Crippen LogP contribution in [0.15, 0.2) is 6.20 Å². The zero-order chi connectivity index (χ0) is 7.78. The Morgan fingerprint density at radius 1 is 1.50 bits per heavy atom. The summed E-state index contributed by atoms with van der Waals surface area (Å²) in [6.07, 6.45) is 1.56. The summed E-state index contributed by atoms with van der Waals surface area (Å²) in [6.45, 7) is 5.95. The van der Waals surface area contributed by atoms with Crippen LogP contribution < -0.4 is 0 Å². The summed E-state index contributed by atoms with van der Waals surface area (Å²) in [4.78, 5) is 0.806. The first-order valence-corrected chi connectivity index (χ1v) is 3.12. The molecule has 1 rings (SSSR count). The third kappa shape index (κ3) is 1.10. The molecule has 0 saturated carbocycles. The molecule has 0 radical (unpaired) electrons. The third-order valence-corrected chi connectivity index (χ3v) is 1.30. The average molecular weight is 141 g/mol. The quantitative estimate of drug-likeness (QED) is 0.544. The third-order valence-electron chi connectivity index (χ3n) is 1.30. The number of hydrogen-bond donors (Lipinski definition) is 1. The molecule has 1 N–H and O–H groups in total. The van der Waals surface area contributed by atoms with Gasteiger partial charge in [-0.25, -0.2) is 0 Å². The van der Waals surface area contributed by atoms with Gasteiger partial charge in [-0.05, 0) is 5.21 Å². The molecule has 0 atom stereocenters. The second kappa shape index (κ2) is 1.97. The predicted octanol–water partition coefficient (Wildman–Crippen LogP) is 0.813. The Kier molecular flexibility index (Phi) is 1.39. The van der Waals surface area contributed by atoms with Gasteiger partial charge in [0.2, 0.25) is 0 Å². The largest absolute Gasteiger partial charge is 0.410 e. The summed E-state index contributed by atoms with van der Waals surface area (Å²) in [5.74, 6) is 0. The van der Waals surface area contributed by atoms with Crippen molar-refractivity contribution in [3.8, 4) is 0 Å². The molecule has 0 aliphatic rings. The first kappa shape index (κ1) is 7.05. The Labute approximate surface area is 59.4 Å². The monoisotopic (exact) mass is 141 g/mol. The highest BCUT2D eigenvalue weighted by atomic mass is 16.5. The lowest BCUT2D eigenvalue weighted by Gasteiger charge is -2.15. The van der Waals surface area contributed by atoms with Crippen molar-refractivity contribution in [1.29, 1.82) is 0 Å². The van der Waals surface area contributed by atoms with Crippen LogP contribution in [0, 0.1) is 0 Å². The molecular formula is C6H11N3O. The summed E-state index contributed by atoms with van der Waals surface area (Å²) in [5, 5.41) is 16.0. The van der Waals surface area contributed by atoms with Crippen molar-refractivity contribution in [3.63, 3.8) is 0 Å². The standard InChI is InChI=1S/C6H11N3O/c1-6(2,3)5-4-7-8-9(5)10/h4,10H,1-3H3. The van der Waals surface area contributed by atoms with Gasteiger partial charge in [0.15, 0.2) is 0 Å². The minimum Gasteiger partial charge on any atom is -0.410 e. The van der Waals surface area contributed by atoms with Gasteiger partial charge in [-0.1, -0.05) is 25.6 Å². The van der Waals surface area contributed by atoms with Gasteiger partial charge >= 0.3 is 0 Å².